The van der Waals surface area contributed by atoms with Crippen LogP contribution >= 0.6 is 0 Å². The van der Waals surface area contributed by atoms with Crippen molar-refractivity contribution in [3.05, 3.63) is 36.3 Å². The molecule has 0 bridgehead atoms. The topological polar surface area (TPSA) is 33.4 Å². The minimum Gasteiger partial charge on any atom is -0.472 e. The second-order valence-corrected chi connectivity index (χ2v) is 3.95. The van der Waals surface area contributed by atoms with Gasteiger partial charge in [-0.3, -0.25) is 0 Å². The first-order chi connectivity index (χ1) is 6.86. The molecule has 0 amide bonds. The number of hydrogen-bond acceptors (Lipinski definition) is 2. The van der Waals surface area contributed by atoms with E-state index in [1.54, 1.807) is 12.5 Å². The van der Waals surface area contributed by atoms with E-state index in [1.807, 2.05) is 6.07 Å². The molecule has 0 aliphatic heterocycles. The van der Waals surface area contributed by atoms with E-state index in [1.165, 1.54) is 0 Å². The Balaban J connectivity index is 1.89. The van der Waals surface area contributed by atoms with Gasteiger partial charge >= 0.3 is 0 Å². The second kappa shape index (κ2) is 4.47. The van der Waals surface area contributed by atoms with Crippen molar-refractivity contribution in [1.29, 1.82) is 0 Å². The highest BCUT2D eigenvalue weighted by Crippen LogP contribution is 2.23. The predicted octanol–water partition coefficient (Wildman–Crippen LogP) is 2.54. The van der Waals surface area contributed by atoms with Crippen LogP contribution in [-0.2, 0) is 6.42 Å². The fraction of sp³-hybridized carbons (Fsp3) is 0.500. The monoisotopic (exact) mass is 192 g/mol. The first kappa shape index (κ1) is 9.53. The Labute approximate surface area is 84.2 Å². The third-order valence-corrected chi connectivity index (χ3v) is 2.88. The van der Waals surface area contributed by atoms with E-state index in [9.17, 15) is 5.11 Å². The Kier molecular flexibility index (Phi) is 3.04. The van der Waals surface area contributed by atoms with E-state index in [4.69, 9.17) is 4.42 Å². The standard InChI is InChI=1S/C12H16O2/c13-12(8-10-6-7-14-9-10)11-4-2-1-3-5-11/h1-2,6-7,9,11-13H,3-5,8H2. The van der Waals surface area contributed by atoms with Crippen LogP contribution in [0.25, 0.3) is 0 Å². The van der Waals surface area contributed by atoms with E-state index >= 15 is 0 Å². The second-order valence-electron chi connectivity index (χ2n) is 3.95. The predicted molar refractivity (Wildman–Crippen MR) is 54.9 cm³/mol. The van der Waals surface area contributed by atoms with E-state index in [-0.39, 0.29) is 6.10 Å². The van der Waals surface area contributed by atoms with Crippen LogP contribution in [0.1, 0.15) is 24.8 Å². The molecule has 2 heteroatoms. The van der Waals surface area contributed by atoms with Crippen molar-refractivity contribution < 1.29 is 9.52 Å². The van der Waals surface area contributed by atoms with Gasteiger partial charge in [0, 0.05) is 6.42 Å². The molecule has 1 aliphatic rings. The minimum absolute atomic E-state index is 0.224. The maximum Gasteiger partial charge on any atom is 0.0935 e. The first-order valence-electron chi connectivity index (χ1n) is 5.20. The smallest absolute Gasteiger partial charge is 0.0935 e. The number of aliphatic hydroxyl groups excluding tert-OH is 1. The van der Waals surface area contributed by atoms with Crippen LogP contribution in [-0.4, -0.2) is 11.2 Å². The van der Waals surface area contributed by atoms with Crippen molar-refractivity contribution in [2.75, 3.05) is 0 Å². The molecule has 1 N–H and O–H groups in total. The van der Waals surface area contributed by atoms with Crippen molar-refractivity contribution in [3.8, 4) is 0 Å². The van der Waals surface area contributed by atoms with Gasteiger partial charge in [-0.1, -0.05) is 12.2 Å². The van der Waals surface area contributed by atoms with Gasteiger partial charge in [0.15, 0.2) is 0 Å². The normalized spacial score (nSPS) is 23.6. The summed E-state index contributed by atoms with van der Waals surface area (Å²) < 4.78 is 4.98. The van der Waals surface area contributed by atoms with Crippen LogP contribution in [0, 0.1) is 5.92 Å². The molecule has 0 aromatic carbocycles. The Bertz CT molecular complexity index is 287. The largest absolute Gasteiger partial charge is 0.472 e. The maximum atomic E-state index is 9.97. The Morgan fingerprint density at radius 3 is 3.07 bits per heavy atom. The summed E-state index contributed by atoms with van der Waals surface area (Å²) in [7, 11) is 0. The highest BCUT2D eigenvalue weighted by atomic mass is 16.3. The van der Waals surface area contributed by atoms with Crippen LogP contribution in [0.3, 0.4) is 0 Å². The molecule has 2 atom stereocenters. The summed E-state index contributed by atoms with van der Waals surface area (Å²) in [4.78, 5) is 0. The molecule has 14 heavy (non-hydrogen) atoms. The van der Waals surface area contributed by atoms with Crippen molar-refractivity contribution in [2.24, 2.45) is 5.92 Å². The fourth-order valence-corrected chi connectivity index (χ4v) is 1.98. The zero-order chi connectivity index (χ0) is 9.80. The lowest BCUT2D eigenvalue weighted by atomic mass is 9.87. The quantitative estimate of drug-likeness (QED) is 0.746. The van der Waals surface area contributed by atoms with Crippen LogP contribution in [0.15, 0.2) is 35.2 Å². The molecular weight excluding hydrogens is 176 g/mol. The van der Waals surface area contributed by atoms with Gasteiger partial charge in [-0.25, -0.2) is 0 Å². The molecule has 1 heterocycles. The molecule has 2 unspecified atom stereocenters. The van der Waals surface area contributed by atoms with E-state index in [0.29, 0.717) is 5.92 Å². The van der Waals surface area contributed by atoms with E-state index in [0.717, 1.165) is 31.2 Å². The molecule has 1 aromatic rings. The van der Waals surface area contributed by atoms with Crippen molar-refractivity contribution >= 4 is 0 Å². The van der Waals surface area contributed by atoms with E-state index in [2.05, 4.69) is 12.2 Å². The zero-order valence-electron chi connectivity index (χ0n) is 8.23. The number of furan rings is 1. The lowest BCUT2D eigenvalue weighted by Crippen LogP contribution is -2.23. The van der Waals surface area contributed by atoms with Crippen LogP contribution in [0.2, 0.25) is 0 Å². The average molecular weight is 192 g/mol. The van der Waals surface area contributed by atoms with E-state index < -0.39 is 0 Å². The summed E-state index contributed by atoms with van der Waals surface area (Å²) in [5, 5.41) is 9.97. The molecule has 0 fully saturated rings. The molecule has 0 spiro atoms. The molecule has 0 radical (unpaired) electrons. The van der Waals surface area contributed by atoms with Crippen molar-refractivity contribution in [2.45, 2.75) is 31.8 Å². The lowest BCUT2D eigenvalue weighted by Gasteiger charge is -2.23. The van der Waals surface area contributed by atoms with Gasteiger partial charge in [0.05, 0.1) is 18.6 Å². The molecule has 1 aromatic heterocycles. The molecule has 0 saturated heterocycles. The number of aliphatic hydroxyl groups is 1. The molecular formula is C12H16O2. The number of allylic oxidation sites excluding steroid dienone is 2. The minimum atomic E-state index is -0.224. The Morgan fingerprint density at radius 2 is 2.43 bits per heavy atom. The SMILES string of the molecule is OC(Cc1ccoc1)C1CC=CCC1. The Morgan fingerprint density at radius 1 is 1.50 bits per heavy atom. The molecule has 1 aliphatic carbocycles. The van der Waals surface area contributed by atoms with Gasteiger partial charge < -0.3 is 9.52 Å². The summed E-state index contributed by atoms with van der Waals surface area (Å²) in [5.41, 5.74) is 1.09. The fourth-order valence-electron chi connectivity index (χ4n) is 1.98. The van der Waals surface area contributed by atoms with Gasteiger partial charge in [-0.05, 0) is 36.8 Å². The zero-order valence-corrected chi connectivity index (χ0v) is 8.23. The summed E-state index contributed by atoms with van der Waals surface area (Å²) >= 11 is 0. The highest BCUT2D eigenvalue weighted by Gasteiger charge is 2.19. The summed E-state index contributed by atoms with van der Waals surface area (Å²) in [6.45, 7) is 0. The number of rotatable bonds is 3. The van der Waals surface area contributed by atoms with Crippen LogP contribution in [0.5, 0.6) is 0 Å². The number of hydrogen-bond donors (Lipinski definition) is 1. The molecule has 2 nitrogen and oxygen atoms in total. The third kappa shape index (κ3) is 2.26. The molecule has 2 rings (SSSR count). The van der Waals surface area contributed by atoms with Gasteiger partial charge in [0.1, 0.15) is 0 Å². The molecule has 0 saturated carbocycles. The third-order valence-electron chi connectivity index (χ3n) is 2.88. The summed E-state index contributed by atoms with van der Waals surface area (Å²) in [5.74, 6) is 0.426. The van der Waals surface area contributed by atoms with Crippen molar-refractivity contribution in [1.82, 2.24) is 0 Å². The van der Waals surface area contributed by atoms with Gasteiger partial charge in [-0.15, -0.1) is 0 Å². The van der Waals surface area contributed by atoms with Crippen molar-refractivity contribution in [3.63, 3.8) is 0 Å². The molecule has 76 valence electrons. The van der Waals surface area contributed by atoms with Gasteiger partial charge in [0.25, 0.3) is 0 Å². The lowest BCUT2D eigenvalue weighted by molar-refractivity contribution is 0.102. The van der Waals surface area contributed by atoms with Crippen LogP contribution in [0.4, 0.5) is 0 Å². The Hall–Kier alpha value is -1.02. The summed E-state index contributed by atoms with van der Waals surface area (Å²) in [6, 6.07) is 1.92. The summed E-state index contributed by atoms with van der Waals surface area (Å²) in [6.07, 6.45) is 11.5. The van der Waals surface area contributed by atoms with Gasteiger partial charge in [-0.2, -0.15) is 0 Å². The van der Waals surface area contributed by atoms with Gasteiger partial charge in [0.2, 0.25) is 0 Å². The maximum absolute atomic E-state index is 9.97. The average Bonchev–Trinajstić information content (AvgIpc) is 2.72. The highest BCUT2D eigenvalue weighted by molar-refractivity contribution is 5.07. The first-order valence-corrected chi connectivity index (χ1v) is 5.20. The van der Waals surface area contributed by atoms with Crippen LogP contribution < -0.4 is 0 Å².